The number of hydrogen-bond donors (Lipinski definition) is 1. The zero-order chi connectivity index (χ0) is 12.4. The molecule has 1 atom stereocenters. The van der Waals surface area contributed by atoms with Crippen molar-refractivity contribution in [3.63, 3.8) is 0 Å². The summed E-state index contributed by atoms with van der Waals surface area (Å²) < 4.78 is 37.1. The predicted octanol–water partition coefficient (Wildman–Crippen LogP) is 2.52. The standard InChI is InChI=1S/C11H10F3NO/c1-10(16,7-15)6-8-3-2-4-9(5-8)11(12,13)14/h2-5,16H,6H2,1H3/t10-/m0/s1. The number of nitrogens with zero attached hydrogens (tertiary/aromatic N) is 1. The average molecular weight is 229 g/mol. The summed E-state index contributed by atoms with van der Waals surface area (Å²) >= 11 is 0. The summed E-state index contributed by atoms with van der Waals surface area (Å²) in [7, 11) is 0. The number of hydrogen-bond acceptors (Lipinski definition) is 2. The minimum atomic E-state index is -4.41. The van der Waals surface area contributed by atoms with Gasteiger partial charge in [0.2, 0.25) is 0 Å². The molecule has 1 aromatic rings. The Kier molecular flexibility index (Phi) is 3.24. The summed E-state index contributed by atoms with van der Waals surface area (Å²) in [6.07, 6.45) is -4.54. The highest BCUT2D eigenvalue weighted by atomic mass is 19.4. The molecule has 16 heavy (non-hydrogen) atoms. The second kappa shape index (κ2) is 4.14. The number of rotatable bonds is 2. The second-order valence-corrected chi connectivity index (χ2v) is 3.76. The van der Waals surface area contributed by atoms with Crippen LogP contribution in [0, 0.1) is 11.3 Å². The fraction of sp³-hybridized carbons (Fsp3) is 0.364. The summed E-state index contributed by atoms with van der Waals surface area (Å²) in [5.74, 6) is 0. The summed E-state index contributed by atoms with van der Waals surface area (Å²) in [4.78, 5) is 0. The number of alkyl halides is 3. The van der Waals surface area contributed by atoms with Crippen molar-refractivity contribution in [1.29, 1.82) is 5.26 Å². The zero-order valence-corrected chi connectivity index (χ0v) is 8.54. The Balaban J connectivity index is 2.97. The van der Waals surface area contributed by atoms with E-state index >= 15 is 0 Å². The maximum absolute atomic E-state index is 12.4. The van der Waals surface area contributed by atoms with Crippen molar-refractivity contribution in [2.45, 2.75) is 25.1 Å². The Morgan fingerprint density at radius 1 is 1.38 bits per heavy atom. The van der Waals surface area contributed by atoms with Gasteiger partial charge in [-0.05, 0) is 18.6 Å². The van der Waals surface area contributed by atoms with Crippen LogP contribution < -0.4 is 0 Å². The number of aliphatic hydroxyl groups is 1. The molecule has 0 bridgehead atoms. The van der Waals surface area contributed by atoms with E-state index in [-0.39, 0.29) is 12.0 Å². The molecule has 0 aliphatic carbocycles. The van der Waals surface area contributed by atoms with Crippen LogP contribution in [-0.2, 0) is 12.6 Å². The first-order valence-electron chi connectivity index (χ1n) is 4.54. The third-order valence-electron chi connectivity index (χ3n) is 2.04. The fourth-order valence-electron chi connectivity index (χ4n) is 1.29. The molecular weight excluding hydrogens is 219 g/mol. The number of halogens is 3. The molecular formula is C11H10F3NO. The molecule has 2 nitrogen and oxygen atoms in total. The van der Waals surface area contributed by atoms with Gasteiger partial charge < -0.3 is 5.11 Å². The van der Waals surface area contributed by atoms with Crippen molar-refractivity contribution in [2.75, 3.05) is 0 Å². The van der Waals surface area contributed by atoms with Crippen LogP contribution in [0.25, 0.3) is 0 Å². The smallest absolute Gasteiger partial charge is 0.375 e. The molecule has 0 heterocycles. The molecule has 5 heteroatoms. The van der Waals surface area contributed by atoms with Crippen molar-refractivity contribution in [3.05, 3.63) is 35.4 Å². The molecule has 0 unspecified atom stereocenters. The minimum Gasteiger partial charge on any atom is -0.375 e. The molecule has 0 saturated carbocycles. The minimum absolute atomic E-state index is 0.132. The SMILES string of the molecule is C[C@@](O)(C#N)Cc1cccc(C(F)(F)F)c1. The van der Waals surface area contributed by atoms with Crippen molar-refractivity contribution < 1.29 is 18.3 Å². The maximum atomic E-state index is 12.4. The van der Waals surface area contributed by atoms with Crippen LogP contribution in [0.2, 0.25) is 0 Å². The Bertz CT molecular complexity index is 418. The molecule has 0 aromatic heterocycles. The van der Waals surface area contributed by atoms with Gasteiger partial charge in [-0.25, -0.2) is 0 Å². The van der Waals surface area contributed by atoms with Crippen LogP contribution in [0.3, 0.4) is 0 Å². The average Bonchev–Trinajstić information content (AvgIpc) is 2.16. The lowest BCUT2D eigenvalue weighted by molar-refractivity contribution is -0.137. The van der Waals surface area contributed by atoms with Crippen LogP contribution in [-0.4, -0.2) is 10.7 Å². The molecule has 0 saturated heterocycles. The van der Waals surface area contributed by atoms with E-state index in [4.69, 9.17) is 5.26 Å². The first kappa shape index (κ1) is 12.5. The highest BCUT2D eigenvalue weighted by Crippen LogP contribution is 2.30. The van der Waals surface area contributed by atoms with Gasteiger partial charge in [-0.2, -0.15) is 18.4 Å². The topological polar surface area (TPSA) is 44.0 Å². The highest BCUT2D eigenvalue weighted by Gasteiger charge is 2.31. The number of benzene rings is 1. The summed E-state index contributed by atoms with van der Waals surface area (Å²) in [6.45, 7) is 1.26. The van der Waals surface area contributed by atoms with E-state index in [1.807, 2.05) is 0 Å². The van der Waals surface area contributed by atoms with Gasteiger partial charge in [0.05, 0.1) is 11.6 Å². The first-order valence-corrected chi connectivity index (χ1v) is 4.54. The Hall–Kier alpha value is -1.54. The molecule has 0 fully saturated rings. The second-order valence-electron chi connectivity index (χ2n) is 3.76. The molecule has 86 valence electrons. The van der Waals surface area contributed by atoms with Gasteiger partial charge in [-0.15, -0.1) is 0 Å². The van der Waals surface area contributed by atoms with Gasteiger partial charge in [0.25, 0.3) is 0 Å². The normalized spacial score (nSPS) is 15.2. The van der Waals surface area contributed by atoms with E-state index in [2.05, 4.69) is 0 Å². The molecule has 0 radical (unpaired) electrons. The predicted molar refractivity (Wildman–Crippen MR) is 51.4 cm³/mol. The van der Waals surface area contributed by atoms with Gasteiger partial charge in [-0.1, -0.05) is 18.2 Å². The van der Waals surface area contributed by atoms with E-state index in [1.165, 1.54) is 19.1 Å². The molecule has 0 amide bonds. The zero-order valence-electron chi connectivity index (χ0n) is 8.54. The third kappa shape index (κ3) is 3.24. The van der Waals surface area contributed by atoms with Gasteiger partial charge in [0.1, 0.15) is 0 Å². The van der Waals surface area contributed by atoms with E-state index in [9.17, 15) is 18.3 Å². The van der Waals surface area contributed by atoms with Crippen LogP contribution in [0.1, 0.15) is 18.1 Å². The van der Waals surface area contributed by atoms with Gasteiger partial charge in [0.15, 0.2) is 5.60 Å². The molecule has 1 aromatic carbocycles. The van der Waals surface area contributed by atoms with Gasteiger partial charge in [-0.3, -0.25) is 0 Å². The monoisotopic (exact) mass is 229 g/mol. The van der Waals surface area contributed by atoms with E-state index in [0.717, 1.165) is 12.1 Å². The summed E-state index contributed by atoms with van der Waals surface area (Å²) in [5.41, 5.74) is -2.15. The van der Waals surface area contributed by atoms with Gasteiger partial charge in [0, 0.05) is 6.42 Å². The summed E-state index contributed by atoms with van der Waals surface area (Å²) in [5, 5.41) is 18.0. The molecule has 0 spiro atoms. The highest BCUT2D eigenvalue weighted by molar-refractivity contribution is 5.27. The number of nitriles is 1. The van der Waals surface area contributed by atoms with E-state index < -0.39 is 17.3 Å². The lowest BCUT2D eigenvalue weighted by atomic mass is 9.97. The quantitative estimate of drug-likeness (QED) is 0.792. The van der Waals surface area contributed by atoms with E-state index in [1.54, 1.807) is 6.07 Å². The van der Waals surface area contributed by atoms with Crippen LogP contribution in [0.4, 0.5) is 13.2 Å². The Morgan fingerprint density at radius 2 is 2.00 bits per heavy atom. The Labute approximate surface area is 90.9 Å². The largest absolute Gasteiger partial charge is 0.416 e. The lowest BCUT2D eigenvalue weighted by Crippen LogP contribution is -2.24. The molecule has 0 aliphatic rings. The molecule has 0 aliphatic heterocycles. The van der Waals surface area contributed by atoms with Crippen molar-refractivity contribution in [1.82, 2.24) is 0 Å². The first-order chi connectivity index (χ1) is 7.24. The van der Waals surface area contributed by atoms with Crippen LogP contribution >= 0.6 is 0 Å². The molecule has 1 rings (SSSR count). The van der Waals surface area contributed by atoms with Crippen LogP contribution in [0.5, 0.6) is 0 Å². The van der Waals surface area contributed by atoms with Crippen LogP contribution in [0.15, 0.2) is 24.3 Å². The fourth-order valence-corrected chi connectivity index (χ4v) is 1.29. The third-order valence-corrected chi connectivity index (χ3v) is 2.04. The summed E-state index contributed by atoms with van der Waals surface area (Å²) in [6, 6.07) is 6.21. The van der Waals surface area contributed by atoms with Gasteiger partial charge >= 0.3 is 6.18 Å². The van der Waals surface area contributed by atoms with Crippen molar-refractivity contribution in [2.24, 2.45) is 0 Å². The molecule has 1 N–H and O–H groups in total. The van der Waals surface area contributed by atoms with Crippen molar-refractivity contribution >= 4 is 0 Å². The van der Waals surface area contributed by atoms with E-state index in [0.29, 0.717) is 0 Å². The Morgan fingerprint density at radius 3 is 2.50 bits per heavy atom. The lowest BCUT2D eigenvalue weighted by Gasteiger charge is -2.15. The van der Waals surface area contributed by atoms with Crippen molar-refractivity contribution in [3.8, 4) is 6.07 Å². The maximum Gasteiger partial charge on any atom is 0.416 e.